The van der Waals surface area contributed by atoms with Crippen LogP contribution in [0.2, 0.25) is 0 Å². The van der Waals surface area contributed by atoms with Gasteiger partial charge in [0, 0.05) is 18.1 Å². The predicted molar refractivity (Wildman–Crippen MR) is 92.4 cm³/mol. The average Bonchev–Trinajstić information content (AvgIpc) is 3.12. The Balaban J connectivity index is 1.61. The van der Waals surface area contributed by atoms with E-state index in [2.05, 4.69) is 5.32 Å². The second kappa shape index (κ2) is 7.30. The monoisotopic (exact) mass is 340 g/mol. The van der Waals surface area contributed by atoms with Gasteiger partial charge in [0.05, 0.1) is 12.5 Å². The third kappa shape index (κ3) is 4.12. The van der Waals surface area contributed by atoms with Crippen LogP contribution >= 0.6 is 0 Å². The van der Waals surface area contributed by atoms with Crippen LogP contribution in [0.5, 0.6) is 0 Å². The van der Waals surface area contributed by atoms with Crippen LogP contribution in [0, 0.1) is 11.6 Å². The fourth-order valence-corrected chi connectivity index (χ4v) is 2.64. The molecule has 0 fully saturated rings. The molecule has 0 saturated heterocycles. The zero-order valence-corrected chi connectivity index (χ0v) is 13.7. The number of nitrogens with one attached hydrogen (secondary N) is 1. The SMILES string of the molecule is C[C@H](NC(=O)Cc1ccc(-n2cccc2)cc1)c1ccc(F)c(F)c1. The second-order valence-corrected chi connectivity index (χ2v) is 5.90. The molecule has 25 heavy (non-hydrogen) atoms. The first-order valence-corrected chi connectivity index (χ1v) is 7.99. The van der Waals surface area contributed by atoms with Crippen molar-refractivity contribution in [3.63, 3.8) is 0 Å². The first-order chi connectivity index (χ1) is 12.0. The van der Waals surface area contributed by atoms with E-state index in [0.29, 0.717) is 5.56 Å². The molecule has 3 aromatic rings. The lowest BCUT2D eigenvalue weighted by molar-refractivity contribution is -0.121. The largest absolute Gasteiger partial charge is 0.349 e. The van der Waals surface area contributed by atoms with Crippen LogP contribution in [0.15, 0.2) is 67.0 Å². The summed E-state index contributed by atoms with van der Waals surface area (Å²) in [6, 6.07) is 14.8. The highest BCUT2D eigenvalue weighted by molar-refractivity contribution is 5.79. The molecule has 0 bridgehead atoms. The molecule has 1 aromatic heterocycles. The zero-order chi connectivity index (χ0) is 17.8. The van der Waals surface area contributed by atoms with Crippen molar-refractivity contribution >= 4 is 5.91 Å². The number of rotatable bonds is 5. The molecule has 0 aliphatic rings. The molecule has 0 radical (unpaired) electrons. The van der Waals surface area contributed by atoms with Crippen molar-refractivity contribution in [1.29, 1.82) is 0 Å². The molecule has 1 N–H and O–H groups in total. The summed E-state index contributed by atoms with van der Waals surface area (Å²) >= 11 is 0. The number of benzene rings is 2. The van der Waals surface area contributed by atoms with E-state index in [-0.39, 0.29) is 12.3 Å². The van der Waals surface area contributed by atoms with Crippen molar-refractivity contribution < 1.29 is 13.6 Å². The van der Waals surface area contributed by atoms with E-state index >= 15 is 0 Å². The third-order valence-electron chi connectivity index (χ3n) is 4.02. The van der Waals surface area contributed by atoms with Crippen molar-refractivity contribution in [2.75, 3.05) is 0 Å². The zero-order valence-electron chi connectivity index (χ0n) is 13.7. The molecule has 1 heterocycles. The minimum absolute atomic E-state index is 0.175. The van der Waals surface area contributed by atoms with Gasteiger partial charge < -0.3 is 9.88 Å². The second-order valence-electron chi connectivity index (χ2n) is 5.90. The Hall–Kier alpha value is -2.95. The molecule has 0 saturated carbocycles. The number of hydrogen-bond acceptors (Lipinski definition) is 1. The number of carbonyl (C=O) groups excluding carboxylic acids is 1. The summed E-state index contributed by atoms with van der Waals surface area (Å²) in [6.45, 7) is 1.74. The van der Waals surface area contributed by atoms with E-state index in [9.17, 15) is 13.6 Å². The predicted octanol–water partition coefficient (Wildman–Crippen LogP) is 4.18. The lowest BCUT2D eigenvalue weighted by atomic mass is 10.1. The summed E-state index contributed by atoms with van der Waals surface area (Å²) in [7, 11) is 0. The molecule has 1 atom stereocenters. The van der Waals surface area contributed by atoms with E-state index in [1.807, 2.05) is 53.4 Å². The molecule has 5 heteroatoms. The van der Waals surface area contributed by atoms with E-state index in [1.54, 1.807) is 6.92 Å². The summed E-state index contributed by atoms with van der Waals surface area (Å²) in [4.78, 5) is 12.2. The fourth-order valence-electron chi connectivity index (χ4n) is 2.64. The van der Waals surface area contributed by atoms with E-state index in [4.69, 9.17) is 0 Å². The van der Waals surface area contributed by atoms with Crippen LogP contribution in [0.3, 0.4) is 0 Å². The third-order valence-corrected chi connectivity index (χ3v) is 4.02. The molecule has 0 aliphatic carbocycles. The fraction of sp³-hybridized carbons (Fsp3) is 0.150. The maximum absolute atomic E-state index is 13.3. The molecule has 0 unspecified atom stereocenters. The smallest absolute Gasteiger partial charge is 0.224 e. The van der Waals surface area contributed by atoms with Gasteiger partial charge in [0.2, 0.25) is 5.91 Å². The lowest BCUT2D eigenvalue weighted by Gasteiger charge is -2.15. The minimum Gasteiger partial charge on any atom is -0.349 e. The lowest BCUT2D eigenvalue weighted by Crippen LogP contribution is -2.28. The normalized spacial score (nSPS) is 12.0. The van der Waals surface area contributed by atoms with Gasteiger partial charge in [-0.1, -0.05) is 18.2 Å². The number of amides is 1. The molecule has 3 rings (SSSR count). The number of nitrogens with zero attached hydrogens (tertiary/aromatic N) is 1. The topological polar surface area (TPSA) is 34.0 Å². The highest BCUT2D eigenvalue weighted by Gasteiger charge is 2.12. The number of aromatic nitrogens is 1. The summed E-state index contributed by atoms with van der Waals surface area (Å²) in [5.41, 5.74) is 2.42. The van der Waals surface area contributed by atoms with Crippen LogP contribution < -0.4 is 5.32 Å². The Morgan fingerprint density at radius 2 is 1.72 bits per heavy atom. The highest BCUT2D eigenvalue weighted by Crippen LogP contribution is 2.16. The quantitative estimate of drug-likeness (QED) is 0.743. The molecular weight excluding hydrogens is 322 g/mol. The van der Waals surface area contributed by atoms with Crippen LogP contribution in [-0.4, -0.2) is 10.5 Å². The Bertz CT molecular complexity index is 858. The van der Waals surface area contributed by atoms with Gasteiger partial charge in [-0.2, -0.15) is 0 Å². The van der Waals surface area contributed by atoms with E-state index < -0.39 is 17.7 Å². The number of hydrogen-bond donors (Lipinski definition) is 1. The Kier molecular flexibility index (Phi) is 4.93. The average molecular weight is 340 g/mol. The van der Waals surface area contributed by atoms with Gasteiger partial charge in [-0.25, -0.2) is 8.78 Å². The van der Waals surface area contributed by atoms with Crippen molar-refractivity contribution in [2.45, 2.75) is 19.4 Å². The standard InChI is InChI=1S/C20H18F2N2O/c1-14(16-6-9-18(21)19(22)13-16)23-20(25)12-15-4-7-17(8-5-15)24-10-2-3-11-24/h2-11,13-14H,12H2,1H3,(H,23,25)/t14-/m0/s1. The maximum atomic E-state index is 13.3. The van der Waals surface area contributed by atoms with Crippen molar-refractivity contribution in [3.05, 3.63) is 89.8 Å². The van der Waals surface area contributed by atoms with Gasteiger partial charge in [0.1, 0.15) is 0 Å². The van der Waals surface area contributed by atoms with Crippen molar-refractivity contribution in [3.8, 4) is 5.69 Å². The van der Waals surface area contributed by atoms with Crippen LogP contribution in [0.25, 0.3) is 5.69 Å². The first-order valence-electron chi connectivity index (χ1n) is 7.99. The molecule has 0 spiro atoms. The molecule has 3 nitrogen and oxygen atoms in total. The summed E-state index contributed by atoms with van der Waals surface area (Å²) in [6.07, 6.45) is 4.12. The van der Waals surface area contributed by atoms with Crippen LogP contribution in [-0.2, 0) is 11.2 Å². The Morgan fingerprint density at radius 3 is 2.36 bits per heavy atom. The first kappa shape index (κ1) is 16.9. The number of carbonyl (C=O) groups is 1. The van der Waals surface area contributed by atoms with Gasteiger partial charge in [-0.15, -0.1) is 0 Å². The summed E-state index contributed by atoms with van der Waals surface area (Å²) in [5.74, 6) is -1.99. The van der Waals surface area contributed by atoms with Gasteiger partial charge in [-0.3, -0.25) is 4.79 Å². The molecule has 128 valence electrons. The van der Waals surface area contributed by atoms with Crippen molar-refractivity contribution in [2.24, 2.45) is 0 Å². The molecule has 2 aromatic carbocycles. The van der Waals surface area contributed by atoms with E-state index in [0.717, 1.165) is 23.4 Å². The van der Waals surface area contributed by atoms with Gasteiger partial charge >= 0.3 is 0 Å². The highest BCUT2D eigenvalue weighted by atomic mass is 19.2. The molecule has 1 amide bonds. The van der Waals surface area contributed by atoms with Gasteiger partial charge in [0.15, 0.2) is 11.6 Å². The Labute approximate surface area is 144 Å². The number of halogens is 2. The van der Waals surface area contributed by atoms with Crippen molar-refractivity contribution in [1.82, 2.24) is 9.88 Å². The molecule has 0 aliphatic heterocycles. The van der Waals surface area contributed by atoms with Gasteiger partial charge in [0.25, 0.3) is 0 Å². The van der Waals surface area contributed by atoms with E-state index in [1.165, 1.54) is 6.07 Å². The summed E-state index contributed by atoms with van der Waals surface area (Å²) < 4.78 is 28.3. The summed E-state index contributed by atoms with van der Waals surface area (Å²) in [5, 5.41) is 2.80. The minimum atomic E-state index is -0.917. The Morgan fingerprint density at radius 1 is 1.04 bits per heavy atom. The van der Waals surface area contributed by atoms with Gasteiger partial charge in [-0.05, 0) is 54.4 Å². The molecular formula is C20H18F2N2O. The maximum Gasteiger partial charge on any atom is 0.224 e. The van der Waals surface area contributed by atoms with Crippen LogP contribution in [0.4, 0.5) is 8.78 Å². The van der Waals surface area contributed by atoms with Crippen LogP contribution in [0.1, 0.15) is 24.1 Å².